The van der Waals surface area contributed by atoms with Crippen LogP contribution in [0.2, 0.25) is 0 Å². The Kier molecular flexibility index (Phi) is 3.03. The number of benzene rings is 2. The molecule has 1 aromatic heterocycles. The summed E-state index contributed by atoms with van der Waals surface area (Å²) in [4.78, 5) is 4.71. The average molecular weight is 265 g/mol. The van der Waals surface area contributed by atoms with E-state index in [-0.39, 0.29) is 5.75 Å². The van der Waals surface area contributed by atoms with Gasteiger partial charge in [0.2, 0.25) is 0 Å². The van der Waals surface area contributed by atoms with Crippen LogP contribution in [-0.2, 0) is 0 Å². The third kappa shape index (κ3) is 2.18. The van der Waals surface area contributed by atoms with E-state index >= 15 is 0 Å². The second kappa shape index (κ2) is 4.85. The van der Waals surface area contributed by atoms with Crippen molar-refractivity contribution in [3.63, 3.8) is 0 Å². The van der Waals surface area contributed by atoms with Gasteiger partial charge in [0.15, 0.2) is 0 Å². The number of aromatic hydroxyl groups is 1. The molecule has 2 aromatic carbocycles. The summed E-state index contributed by atoms with van der Waals surface area (Å²) >= 11 is 0. The molecule has 1 heterocycles. The first-order valence-corrected chi connectivity index (χ1v) is 6.42. The van der Waals surface area contributed by atoms with E-state index in [9.17, 15) is 5.11 Å². The lowest BCUT2D eigenvalue weighted by atomic mass is 10.0. The summed E-state index contributed by atoms with van der Waals surface area (Å²) in [5.41, 5.74) is 3.96. The van der Waals surface area contributed by atoms with Crippen molar-refractivity contribution in [2.75, 3.05) is 7.11 Å². The predicted molar refractivity (Wildman–Crippen MR) is 80.1 cm³/mol. The Morgan fingerprint density at radius 3 is 2.45 bits per heavy atom. The molecule has 0 amide bonds. The standard InChI is InChI=1S/C17H15NO2/c1-11-9-13-10-15(20-2)7-8-16(13)18-17(11)12-3-5-14(19)6-4-12/h3-10,19H,1-2H3. The molecule has 0 radical (unpaired) electrons. The van der Waals surface area contributed by atoms with Gasteiger partial charge in [-0.3, -0.25) is 0 Å². The number of phenols is 1. The number of methoxy groups -OCH3 is 1. The van der Waals surface area contributed by atoms with Crippen molar-refractivity contribution in [3.05, 3.63) is 54.1 Å². The second-order valence-corrected chi connectivity index (χ2v) is 4.76. The lowest BCUT2D eigenvalue weighted by Gasteiger charge is -2.09. The number of hydrogen-bond donors (Lipinski definition) is 1. The minimum absolute atomic E-state index is 0.261. The number of rotatable bonds is 2. The second-order valence-electron chi connectivity index (χ2n) is 4.76. The fraction of sp³-hybridized carbons (Fsp3) is 0.118. The van der Waals surface area contributed by atoms with E-state index in [4.69, 9.17) is 9.72 Å². The number of aromatic nitrogens is 1. The quantitative estimate of drug-likeness (QED) is 0.763. The molecule has 0 fully saturated rings. The normalized spacial score (nSPS) is 10.7. The zero-order chi connectivity index (χ0) is 14.1. The van der Waals surface area contributed by atoms with Crippen LogP contribution in [0.4, 0.5) is 0 Å². The van der Waals surface area contributed by atoms with Crippen LogP contribution in [0.25, 0.3) is 22.2 Å². The molecule has 3 rings (SSSR count). The predicted octanol–water partition coefficient (Wildman–Crippen LogP) is 3.92. The van der Waals surface area contributed by atoms with Gasteiger partial charge in [0.25, 0.3) is 0 Å². The molecule has 0 aliphatic rings. The molecule has 1 N–H and O–H groups in total. The molecule has 3 aromatic rings. The zero-order valence-corrected chi connectivity index (χ0v) is 11.4. The van der Waals surface area contributed by atoms with Gasteiger partial charge in [-0.15, -0.1) is 0 Å². The zero-order valence-electron chi connectivity index (χ0n) is 11.4. The summed E-state index contributed by atoms with van der Waals surface area (Å²) in [6, 6.07) is 15.1. The Bertz CT molecular complexity index is 764. The monoisotopic (exact) mass is 265 g/mol. The van der Waals surface area contributed by atoms with E-state index in [1.54, 1.807) is 19.2 Å². The van der Waals surface area contributed by atoms with Gasteiger partial charge in [0.05, 0.1) is 18.3 Å². The van der Waals surface area contributed by atoms with E-state index in [0.717, 1.165) is 33.5 Å². The molecular formula is C17H15NO2. The van der Waals surface area contributed by atoms with Gasteiger partial charge >= 0.3 is 0 Å². The van der Waals surface area contributed by atoms with E-state index in [2.05, 4.69) is 6.07 Å². The van der Waals surface area contributed by atoms with Crippen molar-refractivity contribution in [2.24, 2.45) is 0 Å². The fourth-order valence-electron chi connectivity index (χ4n) is 2.30. The van der Waals surface area contributed by atoms with Crippen molar-refractivity contribution >= 4 is 10.9 Å². The molecule has 0 spiro atoms. The SMILES string of the molecule is COc1ccc2nc(-c3ccc(O)cc3)c(C)cc2c1. The topological polar surface area (TPSA) is 42.4 Å². The summed E-state index contributed by atoms with van der Waals surface area (Å²) in [5, 5.41) is 10.4. The van der Waals surface area contributed by atoms with Crippen molar-refractivity contribution in [3.8, 4) is 22.8 Å². The number of nitrogens with zero attached hydrogens (tertiary/aromatic N) is 1. The third-order valence-electron chi connectivity index (χ3n) is 3.35. The van der Waals surface area contributed by atoms with Crippen LogP contribution < -0.4 is 4.74 Å². The highest BCUT2D eigenvalue weighted by Gasteiger charge is 2.07. The van der Waals surface area contributed by atoms with E-state index < -0.39 is 0 Å². The summed E-state index contributed by atoms with van der Waals surface area (Å²) in [7, 11) is 1.66. The van der Waals surface area contributed by atoms with Gasteiger partial charge < -0.3 is 9.84 Å². The third-order valence-corrected chi connectivity index (χ3v) is 3.35. The Labute approximate surface area is 117 Å². The molecule has 0 bridgehead atoms. The van der Waals surface area contributed by atoms with Crippen LogP contribution in [0, 0.1) is 6.92 Å². The van der Waals surface area contributed by atoms with Crippen LogP contribution in [-0.4, -0.2) is 17.2 Å². The Morgan fingerprint density at radius 1 is 1.00 bits per heavy atom. The highest BCUT2D eigenvalue weighted by molar-refractivity contribution is 5.84. The molecule has 20 heavy (non-hydrogen) atoms. The van der Waals surface area contributed by atoms with E-state index in [1.165, 1.54) is 0 Å². The maximum Gasteiger partial charge on any atom is 0.119 e. The van der Waals surface area contributed by atoms with E-state index in [0.29, 0.717) is 0 Å². The summed E-state index contributed by atoms with van der Waals surface area (Å²) < 4.78 is 5.23. The molecule has 3 nitrogen and oxygen atoms in total. The number of pyridine rings is 1. The maximum absolute atomic E-state index is 9.37. The highest BCUT2D eigenvalue weighted by atomic mass is 16.5. The summed E-state index contributed by atoms with van der Waals surface area (Å²) in [6.07, 6.45) is 0. The molecule has 3 heteroatoms. The first-order chi connectivity index (χ1) is 9.67. The Morgan fingerprint density at radius 2 is 1.75 bits per heavy atom. The number of ether oxygens (including phenoxy) is 1. The van der Waals surface area contributed by atoms with Gasteiger partial charge in [0, 0.05) is 10.9 Å². The van der Waals surface area contributed by atoms with Crippen LogP contribution in [0.1, 0.15) is 5.56 Å². The molecule has 0 aliphatic heterocycles. The van der Waals surface area contributed by atoms with Crippen LogP contribution >= 0.6 is 0 Å². The number of fused-ring (bicyclic) bond motifs is 1. The van der Waals surface area contributed by atoms with Crippen LogP contribution in [0.15, 0.2) is 48.5 Å². The highest BCUT2D eigenvalue weighted by Crippen LogP contribution is 2.28. The van der Waals surface area contributed by atoms with Crippen molar-refractivity contribution < 1.29 is 9.84 Å². The summed E-state index contributed by atoms with van der Waals surface area (Å²) in [6.45, 7) is 2.04. The first kappa shape index (κ1) is 12.5. The van der Waals surface area contributed by atoms with Gasteiger partial charge in [-0.05, 0) is 61.0 Å². The van der Waals surface area contributed by atoms with Gasteiger partial charge in [-0.1, -0.05) is 0 Å². The first-order valence-electron chi connectivity index (χ1n) is 6.42. The maximum atomic E-state index is 9.37. The molecule has 0 unspecified atom stereocenters. The van der Waals surface area contributed by atoms with Crippen molar-refractivity contribution in [1.29, 1.82) is 0 Å². The largest absolute Gasteiger partial charge is 0.508 e. The lowest BCUT2D eigenvalue weighted by molar-refractivity contribution is 0.415. The molecule has 0 saturated heterocycles. The Hall–Kier alpha value is -2.55. The molecule has 0 atom stereocenters. The summed E-state index contributed by atoms with van der Waals surface area (Å²) in [5.74, 6) is 1.09. The molecule has 0 saturated carbocycles. The van der Waals surface area contributed by atoms with E-state index in [1.807, 2.05) is 37.3 Å². The Balaban J connectivity index is 2.17. The van der Waals surface area contributed by atoms with Gasteiger partial charge in [-0.25, -0.2) is 4.98 Å². The number of phenolic OH excluding ortho intramolecular Hbond substituents is 1. The van der Waals surface area contributed by atoms with Gasteiger partial charge in [0.1, 0.15) is 11.5 Å². The van der Waals surface area contributed by atoms with Crippen LogP contribution in [0.5, 0.6) is 11.5 Å². The minimum atomic E-state index is 0.261. The van der Waals surface area contributed by atoms with Crippen molar-refractivity contribution in [2.45, 2.75) is 6.92 Å². The number of hydrogen-bond acceptors (Lipinski definition) is 3. The molecular weight excluding hydrogens is 250 g/mol. The van der Waals surface area contributed by atoms with Crippen molar-refractivity contribution in [1.82, 2.24) is 4.98 Å². The smallest absolute Gasteiger partial charge is 0.119 e. The average Bonchev–Trinajstić information content (AvgIpc) is 2.47. The lowest BCUT2D eigenvalue weighted by Crippen LogP contribution is -1.91. The molecule has 100 valence electrons. The minimum Gasteiger partial charge on any atom is -0.508 e. The number of aryl methyl sites for hydroxylation is 1. The molecule has 0 aliphatic carbocycles. The van der Waals surface area contributed by atoms with Gasteiger partial charge in [-0.2, -0.15) is 0 Å². The fourth-order valence-corrected chi connectivity index (χ4v) is 2.30. The van der Waals surface area contributed by atoms with Crippen LogP contribution in [0.3, 0.4) is 0 Å².